The van der Waals surface area contributed by atoms with Crippen LogP contribution in [0.15, 0.2) is 47.0 Å². The molecule has 3 heteroatoms. The monoisotopic (exact) mass is 374 g/mol. The van der Waals surface area contributed by atoms with Gasteiger partial charge in [0, 0.05) is 38.1 Å². The van der Waals surface area contributed by atoms with Crippen molar-refractivity contribution in [2.24, 2.45) is 7.05 Å². The summed E-state index contributed by atoms with van der Waals surface area (Å²) in [5.41, 5.74) is 6.23. The second kappa shape index (κ2) is 6.73. The van der Waals surface area contributed by atoms with Gasteiger partial charge >= 0.3 is 0 Å². The van der Waals surface area contributed by atoms with Crippen LogP contribution in [-0.2, 0) is 13.5 Å². The Labute approximate surface area is 170 Å². The number of hydrogen-bond acceptors (Lipinski definition) is 2. The molecule has 0 aliphatic heterocycles. The first-order valence-electron chi connectivity index (χ1n) is 11.6. The summed E-state index contributed by atoms with van der Waals surface area (Å²) in [6.45, 7) is 4.23. The Kier molecular flexibility index (Phi) is 3.45. The molecule has 1 atom stereocenters. The maximum atomic E-state index is 8.83. The van der Waals surface area contributed by atoms with E-state index >= 15 is 0 Å². The van der Waals surface area contributed by atoms with E-state index in [0.717, 1.165) is 39.6 Å². The molecule has 3 aromatic heterocycles. The summed E-state index contributed by atoms with van der Waals surface area (Å²) in [7, 11) is 2.05. The summed E-state index contributed by atoms with van der Waals surface area (Å²) < 4.78 is 33.9. The van der Waals surface area contributed by atoms with Gasteiger partial charge in [0.2, 0.25) is 11.4 Å². The quantitative estimate of drug-likeness (QED) is 0.412. The minimum atomic E-state index is -1.59. The van der Waals surface area contributed by atoms with Gasteiger partial charge in [-0.05, 0) is 49.9 Å². The van der Waals surface area contributed by atoms with Gasteiger partial charge in [0.05, 0.1) is 5.56 Å². The first-order valence-corrected chi connectivity index (χ1v) is 10.1. The van der Waals surface area contributed by atoms with Gasteiger partial charge in [-0.3, -0.25) is 0 Å². The third-order valence-electron chi connectivity index (χ3n) is 5.83. The average molecular weight is 375 g/mol. The summed E-state index contributed by atoms with van der Waals surface area (Å²) >= 11 is 0. The normalized spacial score (nSPS) is 23.0. The van der Waals surface area contributed by atoms with Gasteiger partial charge in [0.15, 0.2) is 11.8 Å². The number of aryl methyl sites for hydroxylation is 3. The number of pyridine rings is 2. The lowest BCUT2D eigenvalue weighted by Gasteiger charge is -2.06. The zero-order valence-corrected chi connectivity index (χ0v) is 16.7. The third-order valence-corrected chi connectivity index (χ3v) is 5.83. The molecule has 28 heavy (non-hydrogen) atoms. The maximum absolute atomic E-state index is 8.83. The number of nitrogens with zero attached hydrogens (tertiary/aromatic N) is 2. The molecule has 1 aliphatic carbocycles. The van der Waals surface area contributed by atoms with E-state index in [4.69, 9.17) is 8.53 Å². The highest BCUT2D eigenvalue weighted by Gasteiger charge is 2.23. The minimum Gasteiger partial charge on any atom is -0.437 e. The number of fused-ring (bicyclic) bond motifs is 3. The molecular formula is C25H27N2O+. The molecule has 0 N–H and O–H groups in total. The maximum Gasteiger partial charge on any atom is 0.227 e. The molecule has 4 aromatic rings. The molecule has 5 rings (SSSR count). The van der Waals surface area contributed by atoms with Crippen LogP contribution >= 0.6 is 0 Å². The lowest BCUT2D eigenvalue weighted by atomic mass is 9.99. The van der Waals surface area contributed by atoms with Gasteiger partial charge in [-0.15, -0.1) is 0 Å². The van der Waals surface area contributed by atoms with Gasteiger partial charge in [-0.25, -0.2) is 9.55 Å². The largest absolute Gasteiger partial charge is 0.437 e. The van der Waals surface area contributed by atoms with Crippen LogP contribution < -0.4 is 4.57 Å². The van der Waals surface area contributed by atoms with Crippen LogP contribution in [0.25, 0.3) is 33.3 Å². The molecule has 0 saturated heterocycles. The fraction of sp³-hybridized carbons (Fsp3) is 0.360. The molecule has 0 spiro atoms. The van der Waals surface area contributed by atoms with Crippen LogP contribution in [0.2, 0.25) is 0 Å². The second-order valence-corrected chi connectivity index (χ2v) is 7.68. The number of hydrogen-bond donors (Lipinski definition) is 0. The molecule has 1 aromatic carbocycles. The molecule has 1 saturated carbocycles. The molecule has 0 amide bonds. The Morgan fingerprint density at radius 3 is 2.79 bits per heavy atom. The number of rotatable bonds is 3. The zero-order valence-electron chi connectivity index (χ0n) is 19.7. The molecular weight excluding hydrogens is 344 g/mol. The molecule has 3 heterocycles. The highest BCUT2D eigenvalue weighted by atomic mass is 16.3. The van der Waals surface area contributed by atoms with Crippen molar-refractivity contribution in [3.63, 3.8) is 0 Å². The van der Waals surface area contributed by atoms with Crippen molar-refractivity contribution in [1.82, 2.24) is 4.98 Å². The Morgan fingerprint density at radius 1 is 1.18 bits per heavy atom. The highest BCUT2D eigenvalue weighted by molar-refractivity contribution is 6.08. The topological polar surface area (TPSA) is 29.9 Å². The van der Waals surface area contributed by atoms with Crippen LogP contribution in [0.4, 0.5) is 0 Å². The van der Waals surface area contributed by atoms with Crippen LogP contribution in [0.1, 0.15) is 59.4 Å². The number of benzene rings is 1. The molecule has 142 valence electrons. The Hall–Kier alpha value is -2.68. The fourth-order valence-corrected chi connectivity index (χ4v) is 4.25. The lowest BCUT2D eigenvalue weighted by Crippen LogP contribution is -2.31. The van der Waals surface area contributed by atoms with E-state index in [1.165, 1.54) is 5.56 Å². The Balaban J connectivity index is 1.73. The van der Waals surface area contributed by atoms with Crippen molar-refractivity contribution >= 4 is 22.1 Å². The number of aromatic nitrogens is 2. The average Bonchev–Trinajstić information content (AvgIpc) is 3.24. The van der Waals surface area contributed by atoms with Crippen LogP contribution in [0, 0.1) is 6.92 Å². The molecule has 0 radical (unpaired) electrons. The van der Waals surface area contributed by atoms with E-state index in [2.05, 4.69) is 60.9 Å². The van der Waals surface area contributed by atoms with E-state index in [9.17, 15) is 0 Å². The second-order valence-electron chi connectivity index (χ2n) is 7.68. The van der Waals surface area contributed by atoms with E-state index in [-0.39, 0.29) is 0 Å². The van der Waals surface area contributed by atoms with Gasteiger partial charge in [0.1, 0.15) is 7.05 Å². The standard InChI is InChI=1S/C25H27N2O/c1-4-17-10-14-22(27(3)15-17)23-16(2)9-11-19-20-12-13-21(18-7-5-6-8-18)26-25(20)28-24(19)23/h9-15,18H,4-8H2,1-3H3/q+1/i7D2,18D. The zero-order chi connectivity index (χ0) is 22.0. The summed E-state index contributed by atoms with van der Waals surface area (Å²) in [6.07, 6.45) is 3.11. The summed E-state index contributed by atoms with van der Waals surface area (Å²) in [5.74, 6) is -1.33. The minimum absolute atomic E-state index is 0.393. The SMILES string of the molecule is [2H]C1([2H])CCCC1([2H])c1ccc2c(n1)oc1c(-c3ccc(CC)c[n+]3C)c(C)ccc12. The Morgan fingerprint density at radius 2 is 2.04 bits per heavy atom. The molecule has 1 fully saturated rings. The fourth-order valence-electron chi connectivity index (χ4n) is 4.25. The molecule has 3 nitrogen and oxygen atoms in total. The highest BCUT2D eigenvalue weighted by Crippen LogP contribution is 2.38. The molecule has 1 unspecified atom stereocenters. The van der Waals surface area contributed by atoms with Crippen molar-refractivity contribution in [1.29, 1.82) is 0 Å². The summed E-state index contributed by atoms with van der Waals surface area (Å²) in [4.78, 5) is 4.68. The van der Waals surface area contributed by atoms with E-state index < -0.39 is 12.3 Å². The van der Waals surface area contributed by atoms with Crippen LogP contribution in [0.5, 0.6) is 0 Å². The van der Waals surface area contributed by atoms with Gasteiger partial charge in [-0.2, -0.15) is 0 Å². The van der Waals surface area contributed by atoms with E-state index in [1.807, 2.05) is 12.1 Å². The predicted octanol–water partition coefficient (Wildman–Crippen LogP) is 6.00. The van der Waals surface area contributed by atoms with E-state index in [1.54, 1.807) is 0 Å². The smallest absolute Gasteiger partial charge is 0.227 e. The molecule has 1 aliphatic rings. The van der Waals surface area contributed by atoms with Crippen molar-refractivity contribution < 1.29 is 13.1 Å². The first-order chi connectivity index (χ1) is 14.7. The van der Waals surface area contributed by atoms with Gasteiger partial charge < -0.3 is 4.42 Å². The summed E-state index contributed by atoms with van der Waals surface area (Å²) in [5, 5.41) is 1.89. The van der Waals surface area contributed by atoms with Crippen molar-refractivity contribution in [2.75, 3.05) is 0 Å². The predicted molar refractivity (Wildman–Crippen MR) is 113 cm³/mol. The van der Waals surface area contributed by atoms with Crippen molar-refractivity contribution in [2.45, 2.75) is 51.8 Å². The van der Waals surface area contributed by atoms with E-state index in [0.29, 0.717) is 30.7 Å². The van der Waals surface area contributed by atoms with Crippen LogP contribution in [0.3, 0.4) is 0 Å². The van der Waals surface area contributed by atoms with Crippen molar-refractivity contribution in [3.05, 3.63) is 59.4 Å². The van der Waals surface area contributed by atoms with Crippen LogP contribution in [-0.4, -0.2) is 4.98 Å². The van der Waals surface area contributed by atoms with Gasteiger partial charge in [-0.1, -0.05) is 31.9 Å². The van der Waals surface area contributed by atoms with Crippen molar-refractivity contribution in [3.8, 4) is 11.3 Å². The molecule has 0 bridgehead atoms. The third kappa shape index (κ3) is 2.72. The van der Waals surface area contributed by atoms with Gasteiger partial charge in [0.25, 0.3) is 0 Å². The number of furan rings is 1. The first kappa shape index (κ1) is 14.3. The lowest BCUT2D eigenvalue weighted by molar-refractivity contribution is -0.660. The Bertz CT molecular complexity index is 1330. The summed E-state index contributed by atoms with van der Waals surface area (Å²) in [6, 6.07) is 12.2.